The molecule has 1 fully saturated rings. The van der Waals surface area contributed by atoms with E-state index >= 15 is 0 Å². The van der Waals surface area contributed by atoms with Crippen LogP contribution in [0.3, 0.4) is 0 Å². The average molecular weight is 299 g/mol. The van der Waals surface area contributed by atoms with Gasteiger partial charge in [0, 0.05) is 34.2 Å². The van der Waals surface area contributed by atoms with E-state index in [0.717, 1.165) is 29.2 Å². The summed E-state index contributed by atoms with van der Waals surface area (Å²) in [7, 11) is 0. The van der Waals surface area contributed by atoms with Crippen LogP contribution in [-0.4, -0.2) is 30.2 Å². The van der Waals surface area contributed by atoms with E-state index in [1.165, 1.54) is 18.2 Å². The van der Waals surface area contributed by atoms with Gasteiger partial charge in [-0.1, -0.05) is 6.07 Å². The Kier molecular flexibility index (Phi) is 4.48. The summed E-state index contributed by atoms with van der Waals surface area (Å²) in [5, 5.41) is 9.22. The Morgan fingerprint density at radius 2 is 2.23 bits per heavy atom. The Labute approximate surface area is 132 Å². The molecule has 1 aromatic carbocycles. The van der Waals surface area contributed by atoms with Gasteiger partial charge < -0.3 is 15.4 Å². The van der Waals surface area contributed by atoms with E-state index in [2.05, 4.69) is 53.7 Å². The SMILES string of the molecule is Cc1cc2c(NC(C)C)cccc2c(OCC2CCCN2)n1. The van der Waals surface area contributed by atoms with Crippen molar-refractivity contribution < 1.29 is 4.74 Å². The van der Waals surface area contributed by atoms with Crippen molar-refractivity contribution in [2.75, 3.05) is 18.5 Å². The van der Waals surface area contributed by atoms with Crippen LogP contribution < -0.4 is 15.4 Å². The van der Waals surface area contributed by atoms with Crippen LogP contribution in [0, 0.1) is 6.92 Å². The molecule has 2 heterocycles. The standard InChI is InChI=1S/C18H25N3O/c1-12(2)20-17-8-4-7-15-16(17)10-13(3)21-18(15)22-11-14-6-5-9-19-14/h4,7-8,10,12,14,19-20H,5-6,9,11H2,1-3H3. The second-order valence-corrected chi connectivity index (χ2v) is 6.37. The van der Waals surface area contributed by atoms with Gasteiger partial charge in [0.15, 0.2) is 0 Å². The Morgan fingerprint density at radius 3 is 2.95 bits per heavy atom. The molecule has 4 nitrogen and oxygen atoms in total. The summed E-state index contributed by atoms with van der Waals surface area (Å²) in [6, 6.07) is 9.24. The second kappa shape index (κ2) is 6.53. The lowest BCUT2D eigenvalue weighted by atomic mass is 10.1. The van der Waals surface area contributed by atoms with Crippen molar-refractivity contribution in [3.05, 3.63) is 30.0 Å². The summed E-state index contributed by atoms with van der Waals surface area (Å²) < 4.78 is 6.04. The fourth-order valence-electron chi connectivity index (χ4n) is 2.99. The summed E-state index contributed by atoms with van der Waals surface area (Å²) >= 11 is 0. The van der Waals surface area contributed by atoms with Gasteiger partial charge in [-0.25, -0.2) is 4.98 Å². The number of nitrogens with zero attached hydrogens (tertiary/aromatic N) is 1. The van der Waals surface area contributed by atoms with Crippen molar-refractivity contribution in [3.63, 3.8) is 0 Å². The van der Waals surface area contributed by atoms with Crippen molar-refractivity contribution in [1.82, 2.24) is 10.3 Å². The molecule has 22 heavy (non-hydrogen) atoms. The Hall–Kier alpha value is -1.81. The molecule has 3 rings (SSSR count). The lowest BCUT2D eigenvalue weighted by Crippen LogP contribution is -2.28. The molecule has 1 atom stereocenters. The molecule has 0 spiro atoms. The van der Waals surface area contributed by atoms with Gasteiger partial charge in [0.1, 0.15) is 6.61 Å². The summed E-state index contributed by atoms with van der Waals surface area (Å²) in [5.74, 6) is 0.746. The van der Waals surface area contributed by atoms with Gasteiger partial charge in [-0.15, -0.1) is 0 Å². The van der Waals surface area contributed by atoms with Gasteiger partial charge in [-0.3, -0.25) is 0 Å². The van der Waals surface area contributed by atoms with Crippen molar-refractivity contribution >= 4 is 16.5 Å². The Bertz CT molecular complexity index is 648. The van der Waals surface area contributed by atoms with Gasteiger partial charge in [-0.2, -0.15) is 0 Å². The van der Waals surface area contributed by atoms with Crippen LogP contribution in [0.25, 0.3) is 10.8 Å². The molecule has 1 unspecified atom stereocenters. The van der Waals surface area contributed by atoms with E-state index in [4.69, 9.17) is 4.74 Å². The zero-order valence-corrected chi connectivity index (χ0v) is 13.6. The third-order valence-corrected chi connectivity index (χ3v) is 4.00. The first-order chi connectivity index (χ1) is 10.6. The third kappa shape index (κ3) is 3.33. The zero-order chi connectivity index (χ0) is 15.5. The van der Waals surface area contributed by atoms with Crippen LogP contribution in [0.4, 0.5) is 5.69 Å². The van der Waals surface area contributed by atoms with Crippen LogP contribution in [0.15, 0.2) is 24.3 Å². The van der Waals surface area contributed by atoms with Crippen molar-refractivity contribution in [3.8, 4) is 5.88 Å². The van der Waals surface area contributed by atoms with Crippen molar-refractivity contribution in [2.45, 2.75) is 45.7 Å². The fraction of sp³-hybridized carbons (Fsp3) is 0.500. The van der Waals surface area contributed by atoms with E-state index < -0.39 is 0 Å². The second-order valence-electron chi connectivity index (χ2n) is 6.37. The van der Waals surface area contributed by atoms with Gasteiger partial charge in [0.05, 0.1) is 0 Å². The van der Waals surface area contributed by atoms with Crippen LogP contribution >= 0.6 is 0 Å². The van der Waals surface area contributed by atoms with Crippen LogP contribution in [0.5, 0.6) is 5.88 Å². The molecule has 2 N–H and O–H groups in total. The maximum absolute atomic E-state index is 6.04. The van der Waals surface area contributed by atoms with Crippen LogP contribution in [0.1, 0.15) is 32.4 Å². The summed E-state index contributed by atoms with van der Waals surface area (Å²) in [6.45, 7) is 8.10. The highest BCUT2D eigenvalue weighted by atomic mass is 16.5. The van der Waals surface area contributed by atoms with Crippen LogP contribution in [-0.2, 0) is 0 Å². The minimum Gasteiger partial charge on any atom is -0.476 e. The monoisotopic (exact) mass is 299 g/mol. The number of hydrogen-bond acceptors (Lipinski definition) is 4. The van der Waals surface area contributed by atoms with Gasteiger partial charge >= 0.3 is 0 Å². The number of ether oxygens (including phenoxy) is 1. The van der Waals surface area contributed by atoms with E-state index in [-0.39, 0.29) is 0 Å². The van der Waals surface area contributed by atoms with E-state index in [1.807, 2.05) is 6.92 Å². The highest BCUT2D eigenvalue weighted by Crippen LogP contribution is 2.30. The first-order valence-electron chi connectivity index (χ1n) is 8.16. The van der Waals surface area contributed by atoms with Crippen LogP contribution in [0.2, 0.25) is 0 Å². The van der Waals surface area contributed by atoms with Gasteiger partial charge in [-0.05, 0) is 58.4 Å². The van der Waals surface area contributed by atoms with Gasteiger partial charge in [0.2, 0.25) is 5.88 Å². The predicted molar refractivity (Wildman–Crippen MR) is 91.8 cm³/mol. The number of hydrogen-bond donors (Lipinski definition) is 2. The highest BCUT2D eigenvalue weighted by molar-refractivity contribution is 5.97. The molecular weight excluding hydrogens is 274 g/mol. The molecule has 0 amide bonds. The van der Waals surface area contributed by atoms with Crippen molar-refractivity contribution in [2.24, 2.45) is 0 Å². The zero-order valence-electron chi connectivity index (χ0n) is 13.6. The number of aromatic nitrogens is 1. The lowest BCUT2D eigenvalue weighted by molar-refractivity contribution is 0.270. The molecular formula is C18H25N3O. The first-order valence-corrected chi connectivity index (χ1v) is 8.16. The number of fused-ring (bicyclic) bond motifs is 1. The number of anilines is 1. The molecule has 0 saturated carbocycles. The molecule has 1 aliphatic heterocycles. The lowest BCUT2D eigenvalue weighted by Gasteiger charge is -2.16. The molecule has 2 aromatic rings. The number of benzene rings is 1. The molecule has 0 bridgehead atoms. The largest absolute Gasteiger partial charge is 0.476 e. The molecule has 0 aliphatic carbocycles. The highest BCUT2D eigenvalue weighted by Gasteiger charge is 2.16. The molecule has 1 saturated heterocycles. The third-order valence-electron chi connectivity index (χ3n) is 4.00. The predicted octanol–water partition coefficient (Wildman–Crippen LogP) is 3.49. The van der Waals surface area contributed by atoms with Crippen molar-refractivity contribution in [1.29, 1.82) is 0 Å². The number of aryl methyl sites for hydroxylation is 1. The maximum atomic E-state index is 6.04. The molecule has 1 aliphatic rings. The number of nitrogens with one attached hydrogen (secondary N) is 2. The van der Waals surface area contributed by atoms with E-state index in [9.17, 15) is 0 Å². The molecule has 4 heteroatoms. The van der Waals surface area contributed by atoms with E-state index in [0.29, 0.717) is 18.7 Å². The Morgan fingerprint density at radius 1 is 1.36 bits per heavy atom. The molecule has 118 valence electrons. The molecule has 0 radical (unpaired) electrons. The summed E-state index contributed by atoms with van der Waals surface area (Å²) in [6.07, 6.45) is 2.42. The first kappa shape index (κ1) is 15.1. The number of pyridine rings is 1. The van der Waals surface area contributed by atoms with E-state index in [1.54, 1.807) is 0 Å². The summed E-state index contributed by atoms with van der Waals surface area (Å²) in [5.41, 5.74) is 2.13. The minimum atomic E-state index is 0.395. The Balaban J connectivity index is 1.91. The fourth-order valence-corrected chi connectivity index (χ4v) is 2.99. The summed E-state index contributed by atoms with van der Waals surface area (Å²) in [4.78, 5) is 4.60. The average Bonchev–Trinajstić information content (AvgIpc) is 2.98. The quantitative estimate of drug-likeness (QED) is 0.887. The molecule has 1 aromatic heterocycles. The normalized spacial score (nSPS) is 18.1. The van der Waals surface area contributed by atoms with Gasteiger partial charge in [0.25, 0.3) is 0 Å². The topological polar surface area (TPSA) is 46.2 Å². The smallest absolute Gasteiger partial charge is 0.221 e. The minimum absolute atomic E-state index is 0.395. The number of rotatable bonds is 5. The maximum Gasteiger partial charge on any atom is 0.221 e.